The van der Waals surface area contributed by atoms with Crippen LogP contribution in [0.2, 0.25) is 0 Å². The van der Waals surface area contributed by atoms with Gasteiger partial charge in [0, 0.05) is 0 Å². The Morgan fingerprint density at radius 3 is 1.33 bits per heavy atom. The smallest absolute Gasteiger partial charge is 0.207 e. The molecule has 0 amide bonds. The summed E-state index contributed by atoms with van der Waals surface area (Å²) >= 11 is 1.17. The summed E-state index contributed by atoms with van der Waals surface area (Å²) in [7, 11) is 0. The predicted molar refractivity (Wildman–Crippen MR) is 34.3 cm³/mol. The minimum Gasteiger partial charge on any atom is -0.207 e. The molecule has 1 unspecified atom stereocenters. The van der Waals surface area contributed by atoms with Crippen molar-refractivity contribution in [2.24, 2.45) is 0 Å². The van der Waals surface area contributed by atoms with Gasteiger partial charge in [0.25, 0.3) is 0 Å². The van der Waals surface area contributed by atoms with Crippen molar-refractivity contribution in [3.63, 3.8) is 0 Å². The zero-order valence-electron chi connectivity index (χ0n) is 6.35. The molecule has 0 aliphatic carbocycles. The maximum atomic E-state index is 12.4. The van der Waals surface area contributed by atoms with Crippen molar-refractivity contribution in [3.8, 4) is 6.07 Å². The van der Waals surface area contributed by atoms with Gasteiger partial charge in [-0.15, -0.1) is 0 Å². The fourth-order valence-electron chi connectivity index (χ4n) is 0.445. The van der Waals surface area contributed by atoms with Crippen LogP contribution in [0.4, 0.5) is 35.1 Å². The highest BCUT2D eigenvalue weighted by molar-refractivity contribution is 9.10. The van der Waals surface area contributed by atoms with Gasteiger partial charge in [-0.3, -0.25) is 0 Å². The van der Waals surface area contributed by atoms with Crippen LogP contribution in [0.1, 0.15) is 0 Å². The number of alkyl halides is 9. The predicted octanol–water partition coefficient (Wildman–Crippen LogP) is 3.40. The van der Waals surface area contributed by atoms with Crippen LogP contribution in [-0.2, 0) is 0 Å². The molecule has 0 bridgehead atoms. The van der Waals surface area contributed by atoms with E-state index in [1.54, 1.807) is 0 Å². The van der Waals surface area contributed by atoms with E-state index in [0.717, 1.165) is 0 Å². The zero-order chi connectivity index (χ0) is 12.7. The van der Waals surface area contributed by atoms with E-state index < -0.39 is 22.6 Å². The maximum Gasteiger partial charge on any atom is 0.460 e. The van der Waals surface area contributed by atoms with Gasteiger partial charge < -0.3 is 0 Å². The first-order chi connectivity index (χ1) is 6.31. The van der Waals surface area contributed by atoms with Gasteiger partial charge in [0.05, 0.1) is 0 Å². The van der Waals surface area contributed by atoms with E-state index in [2.05, 4.69) is 0 Å². The molecule has 0 radical (unpaired) electrons. The Kier molecular flexibility index (Phi) is 3.33. The highest BCUT2D eigenvalue weighted by Gasteiger charge is 2.80. The Labute approximate surface area is 85.8 Å². The fourth-order valence-corrected chi connectivity index (χ4v) is 0.694. The SMILES string of the molecule is N#CC(F)(Br)C(F)(F)C(F)(F)C(F)(F)F. The third kappa shape index (κ3) is 2.02. The van der Waals surface area contributed by atoms with Crippen molar-refractivity contribution in [1.29, 1.82) is 5.26 Å². The van der Waals surface area contributed by atoms with Gasteiger partial charge in [0.1, 0.15) is 6.07 Å². The van der Waals surface area contributed by atoms with Crippen LogP contribution in [0, 0.1) is 11.3 Å². The van der Waals surface area contributed by atoms with Crippen LogP contribution in [0.25, 0.3) is 0 Å². The topological polar surface area (TPSA) is 23.8 Å². The summed E-state index contributed by atoms with van der Waals surface area (Å²) in [4.78, 5) is 0. The molecule has 0 aromatic heterocycles. The van der Waals surface area contributed by atoms with Crippen LogP contribution in [0.15, 0.2) is 0 Å². The molecule has 0 aliphatic heterocycles. The molecule has 0 aliphatic rings. The molecule has 0 aromatic rings. The Balaban J connectivity index is 5.51. The normalized spacial score (nSPS) is 18.1. The Hall–Kier alpha value is -0.590. The molecular formula is C5BrF8N. The Morgan fingerprint density at radius 2 is 1.13 bits per heavy atom. The van der Waals surface area contributed by atoms with Crippen molar-refractivity contribution in [3.05, 3.63) is 0 Å². The summed E-state index contributed by atoms with van der Waals surface area (Å²) < 4.78 is 91.0. The lowest BCUT2D eigenvalue weighted by molar-refractivity contribution is -0.364. The lowest BCUT2D eigenvalue weighted by atomic mass is 10.1. The molecule has 0 spiro atoms. The highest BCUT2D eigenvalue weighted by Crippen LogP contribution is 2.54. The lowest BCUT2D eigenvalue weighted by Gasteiger charge is -2.31. The van der Waals surface area contributed by atoms with E-state index in [0.29, 0.717) is 0 Å². The maximum absolute atomic E-state index is 12.4. The van der Waals surface area contributed by atoms with Crippen LogP contribution in [0.5, 0.6) is 0 Å². The summed E-state index contributed by atoms with van der Waals surface area (Å²) in [6, 6.07) is -0.0202. The van der Waals surface area contributed by atoms with Gasteiger partial charge in [-0.25, -0.2) is 4.39 Å². The van der Waals surface area contributed by atoms with Crippen molar-refractivity contribution >= 4 is 15.9 Å². The van der Waals surface area contributed by atoms with E-state index in [4.69, 9.17) is 5.26 Å². The third-order valence-corrected chi connectivity index (χ3v) is 1.96. The van der Waals surface area contributed by atoms with Crippen molar-refractivity contribution in [1.82, 2.24) is 0 Å². The first kappa shape index (κ1) is 14.4. The van der Waals surface area contributed by atoms with Crippen molar-refractivity contribution in [2.75, 3.05) is 0 Å². The standard InChI is InChI=1S/C5BrF8N/c6-2(7,1-15)3(8,9)4(10,11)5(12,13)14. The molecule has 10 heteroatoms. The summed E-state index contributed by atoms with van der Waals surface area (Å²) in [6.45, 7) is 0. The first-order valence-electron chi connectivity index (χ1n) is 2.92. The van der Waals surface area contributed by atoms with E-state index in [9.17, 15) is 35.1 Å². The molecule has 0 rings (SSSR count). The number of rotatable bonds is 2. The highest BCUT2D eigenvalue weighted by atomic mass is 79.9. The van der Waals surface area contributed by atoms with Crippen molar-refractivity contribution < 1.29 is 35.1 Å². The molecule has 1 atom stereocenters. The number of nitrogens with zero attached hydrogens (tertiary/aromatic N) is 1. The fraction of sp³-hybridized carbons (Fsp3) is 0.800. The molecule has 15 heavy (non-hydrogen) atoms. The molecule has 0 heterocycles. The molecule has 0 saturated carbocycles. The lowest BCUT2D eigenvalue weighted by Crippen LogP contribution is -2.59. The minimum atomic E-state index is -6.67. The van der Waals surface area contributed by atoms with Crippen LogP contribution in [-0.4, -0.2) is 22.6 Å². The van der Waals surface area contributed by atoms with E-state index in [1.807, 2.05) is 0 Å². The monoisotopic (exact) mass is 305 g/mol. The first-order valence-corrected chi connectivity index (χ1v) is 3.72. The second-order valence-corrected chi connectivity index (χ2v) is 3.43. The second kappa shape index (κ2) is 3.47. The van der Waals surface area contributed by atoms with Gasteiger partial charge in [0.15, 0.2) is 0 Å². The number of halogens is 9. The molecule has 1 nitrogen and oxygen atoms in total. The minimum absolute atomic E-state index is 0.0202. The van der Waals surface area contributed by atoms with E-state index in [-0.39, 0.29) is 6.07 Å². The largest absolute Gasteiger partial charge is 0.460 e. The molecular weight excluding hydrogens is 306 g/mol. The summed E-state index contributed by atoms with van der Waals surface area (Å²) in [5.74, 6) is -12.9. The molecule has 0 aromatic carbocycles. The van der Waals surface area contributed by atoms with Gasteiger partial charge in [-0.2, -0.15) is 36.0 Å². The molecule has 0 fully saturated rings. The van der Waals surface area contributed by atoms with Gasteiger partial charge in [-0.1, -0.05) is 0 Å². The van der Waals surface area contributed by atoms with Crippen LogP contribution >= 0.6 is 15.9 Å². The Bertz CT molecular complexity index is 286. The van der Waals surface area contributed by atoms with Gasteiger partial charge in [0.2, 0.25) is 0 Å². The molecule has 0 saturated heterocycles. The average molecular weight is 306 g/mol. The zero-order valence-corrected chi connectivity index (χ0v) is 7.93. The average Bonchev–Trinajstić information content (AvgIpc) is 2.01. The number of hydrogen-bond donors (Lipinski definition) is 0. The quantitative estimate of drug-likeness (QED) is 0.566. The van der Waals surface area contributed by atoms with Gasteiger partial charge in [-0.05, 0) is 15.9 Å². The van der Waals surface area contributed by atoms with E-state index >= 15 is 0 Å². The second-order valence-electron chi connectivity index (χ2n) is 2.33. The third-order valence-electron chi connectivity index (χ3n) is 1.29. The van der Waals surface area contributed by atoms with Crippen LogP contribution in [0.3, 0.4) is 0 Å². The molecule has 88 valence electrons. The summed E-state index contributed by atoms with van der Waals surface area (Å²) in [5, 5.41) is 7.71. The summed E-state index contributed by atoms with van der Waals surface area (Å²) in [5.41, 5.74) is 0. The number of nitriles is 1. The summed E-state index contributed by atoms with van der Waals surface area (Å²) in [6.07, 6.45) is -6.67. The van der Waals surface area contributed by atoms with Crippen molar-refractivity contribution in [2.45, 2.75) is 22.6 Å². The molecule has 0 N–H and O–H groups in total. The number of hydrogen-bond acceptors (Lipinski definition) is 1. The van der Waals surface area contributed by atoms with E-state index in [1.165, 1.54) is 15.9 Å². The Morgan fingerprint density at radius 1 is 0.800 bits per heavy atom. The van der Waals surface area contributed by atoms with Crippen LogP contribution < -0.4 is 0 Å². The van der Waals surface area contributed by atoms with Gasteiger partial charge >= 0.3 is 22.6 Å².